The van der Waals surface area contributed by atoms with Gasteiger partial charge < -0.3 is 0 Å². The zero-order valence-electron chi connectivity index (χ0n) is 14.6. The molecule has 8 nitrogen and oxygen atoms in total. The van der Waals surface area contributed by atoms with Gasteiger partial charge in [0.1, 0.15) is 10.0 Å². The highest BCUT2D eigenvalue weighted by atomic mass is 35.5. The minimum Gasteiger partial charge on any atom is -0.296 e. The van der Waals surface area contributed by atoms with Gasteiger partial charge in [0.25, 0.3) is 5.91 Å². The first-order valence-corrected chi connectivity index (χ1v) is 10.0. The molecule has 0 aliphatic carbocycles. The molecule has 3 heterocycles. The average molecular weight is 433 g/mol. The Kier molecular flexibility index (Phi) is 6.37. The van der Waals surface area contributed by atoms with E-state index in [0.29, 0.717) is 19.8 Å². The van der Waals surface area contributed by atoms with Crippen LogP contribution in [0.1, 0.15) is 26.3 Å². The zero-order chi connectivity index (χ0) is 20.1. The van der Waals surface area contributed by atoms with Gasteiger partial charge in [0.05, 0.1) is 9.75 Å². The molecule has 0 aliphatic rings. The van der Waals surface area contributed by atoms with Gasteiger partial charge in [-0.2, -0.15) is 0 Å². The predicted octanol–water partition coefficient (Wildman–Crippen LogP) is 5.08. The third-order valence-electron chi connectivity index (χ3n) is 3.62. The summed E-state index contributed by atoms with van der Waals surface area (Å²) in [4.78, 5) is 38.0. The molecule has 3 rings (SSSR count). The Bertz CT molecular complexity index is 1060. The van der Waals surface area contributed by atoms with Crippen LogP contribution in [0.2, 0.25) is 5.15 Å². The van der Waals surface area contributed by atoms with Crippen molar-refractivity contribution in [3.8, 4) is 10.6 Å². The molecule has 0 saturated heterocycles. The van der Waals surface area contributed by atoms with Crippen molar-refractivity contribution >= 4 is 51.0 Å². The number of thiazole rings is 1. The topological polar surface area (TPSA) is 112 Å². The quantitative estimate of drug-likeness (QED) is 0.224. The number of hydrogen-bond donors (Lipinski definition) is 0. The number of anilines is 1. The molecule has 0 atom stereocenters. The number of thiophene rings is 1. The molecular weight excluding hydrogens is 420 g/mol. The maximum absolute atomic E-state index is 13.1. The second-order valence-electron chi connectivity index (χ2n) is 5.49. The summed E-state index contributed by atoms with van der Waals surface area (Å²) in [6.45, 7) is 1.65. The van der Waals surface area contributed by atoms with Crippen LogP contribution < -0.4 is 4.90 Å². The summed E-state index contributed by atoms with van der Waals surface area (Å²) < 4.78 is 0. The summed E-state index contributed by atoms with van der Waals surface area (Å²) in [5.41, 5.74) is 9.33. The SMILES string of the molecule is CC(=O)c1ccc(C(=O)N(CCN=[N+]=[N-])c2sc(-c3cccnc3)nc2Cl)s1. The molecule has 0 unspecified atom stereocenters. The van der Waals surface area contributed by atoms with Crippen molar-refractivity contribution in [1.29, 1.82) is 0 Å². The van der Waals surface area contributed by atoms with Crippen molar-refractivity contribution in [3.63, 3.8) is 0 Å². The van der Waals surface area contributed by atoms with E-state index in [1.165, 1.54) is 23.2 Å². The van der Waals surface area contributed by atoms with E-state index in [-0.39, 0.29) is 29.9 Å². The van der Waals surface area contributed by atoms with Crippen molar-refractivity contribution in [2.75, 3.05) is 18.0 Å². The maximum atomic E-state index is 13.1. The Balaban J connectivity index is 1.97. The number of hydrogen-bond acceptors (Lipinski definition) is 7. The molecule has 0 radical (unpaired) electrons. The summed E-state index contributed by atoms with van der Waals surface area (Å²) in [5.74, 6) is -0.451. The zero-order valence-corrected chi connectivity index (χ0v) is 17.0. The van der Waals surface area contributed by atoms with E-state index in [9.17, 15) is 9.59 Å². The normalized spacial score (nSPS) is 10.4. The molecule has 11 heteroatoms. The molecule has 0 saturated carbocycles. The number of amides is 1. The first-order chi connectivity index (χ1) is 13.5. The fraction of sp³-hybridized carbons (Fsp3) is 0.176. The maximum Gasteiger partial charge on any atom is 0.269 e. The average Bonchev–Trinajstić information content (AvgIpc) is 3.33. The van der Waals surface area contributed by atoms with Crippen molar-refractivity contribution in [2.24, 2.45) is 5.11 Å². The summed E-state index contributed by atoms with van der Waals surface area (Å²) >= 11 is 8.67. The Morgan fingerprint density at radius 2 is 2.07 bits per heavy atom. The van der Waals surface area contributed by atoms with Crippen molar-refractivity contribution < 1.29 is 9.59 Å². The van der Waals surface area contributed by atoms with Gasteiger partial charge >= 0.3 is 0 Å². The molecule has 0 aliphatic heterocycles. The standard InChI is InChI=1S/C17H13ClN6O2S2/c1-10(25)12-4-5-13(27-12)16(26)24(8-7-21-23-19)17-14(18)22-15(28-17)11-3-2-6-20-9-11/h2-6,9H,7-8H2,1H3. The first-order valence-electron chi connectivity index (χ1n) is 8.01. The van der Waals surface area contributed by atoms with Crippen molar-refractivity contribution in [3.05, 3.63) is 62.0 Å². The fourth-order valence-electron chi connectivity index (χ4n) is 2.33. The molecule has 0 N–H and O–H groups in total. The van der Waals surface area contributed by atoms with E-state index in [1.54, 1.807) is 30.6 Å². The van der Waals surface area contributed by atoms with Gasteiger partial charge in [-0.3, -0.25) is 19.5 Å². The van der Waals surface area contributed by atoms with Crippen LogP contribution in [0.25, 0.3) is 21.0 Å². The van der Waals surface area contributed by atoms with E-state index >= 15 is 0 Å². The molecule has 0 fully saturated rings. The van der Waals surface area contributed by atoms with Crippen LogP contribution in [-0.4, -0.2) is 34.7 Å². The van der Waals surface area contributed by atoms with Crippen LogP contribution in [0.4, 0.5) is 5.00 Å². The van der Waals surface area contributed by atoms with Crippen LogP contribution in [-0.2, 0) is 0 Å². The van der Waals surface area contributed by atoms with Crippen molar-refractivity contribution in [1.82, 2.24) is 9.97 Å². The lowest BCUT2D eigenvalue weighted by Gasteiger charge is -2.19. The van der Waals surface area contributed by atoms with Crippen LogP contribution in [0.5, 0.6) is 0 Å². The number of halogens is 1. The number of carbonyl (C=O) groups is 2. The molecule has 0 aromatic carbocycles. The van der Waals surface area contributed by atoms with Crippen LogP contribution in [0.15, 0.2) is 41.8 Å². The Labute approximate surface area is 173 Å². The summed E-state index contributed by atoms with van der Waals surface area (Å²) in [7, 11) is 0. The van der Waals surface area contributed by atoms with Gasteiger partial charge in [-0.15, -0.1) is 11.3 Å². The van der Waals surface area contributed by atoms with Crippen LogP contribution in [0, 0.1) is 0 Å². The second kappa shape index (κ2) is 8.94. The smallest absolute Gasteiger partial charge is 0.269 e. The molecule has 28 heavy (non-hydrogen) atoms. The number of rotatable bonds is 7. The lowest BCUT2D eigenvalue weighted by Crippen LogP contribution is -2.32. The summed E-state index contributed by atoms with van der Waals surface area (Å²) in [6.07, 6.45) is 3.31. The highest BCUT2D eigenvalue weighted by Crippen LogP contribution is 2.38. The second-order valence-corrected chi connectivity index (χ2v) is 7.91. The van der Waals surface area contributed by atoms with E-state index in [0.717, 1.165) is 16.9 Å². The summed E-state index contributed by atoms with van der Waals surface area (Å²) in [6, 6.07) is 6.84. The monoisotopic (exact) mass is 432 g/mol. The Hall–Kier alpha value is -2.78. The third kappa shape index (κ3) is 4.37. The highest BCUT2D eigenvalue weighted by Gasteiger charge is 2.25. The van der Waals surface area contributed by atoms with E-state index in [2.05, 4.69) is 20.0 Å². The van der Waals surface area contributed by atoms with Crippen LogP contribution >= 0.6 is 34.3 Å². The largest absolute Gasteiger partial charge is 0.296 e. The Morgan fingerprint density at radius 3 is 2.71 bits per heavy atom. The molecular formula is C17H13ClN6O2S2. The highest BCUT2D eigenvalue weighted by molar-refractivity contribution is 7.20. The molecule has 3 aromatic heterocycles. The predicted molar refractivity (Wildman–Crippen MR) is 110 cm³/mol. The number of pyridine rings is 1. The molecule has 142 valence electrons. The molecule has 3 aromatic rings. The Morgan fingerprint density at radius 1 is 1.29 bits per heavy atom. The number of ketones is 1. The number of aromatic nitrogens is 2. The first kappa shape index (κ1) is 20.0. The third-order valence-corrected chi connectivity index (χ3v) is 6.30. The van der Waals surface area contributed by atoms with Gasteiger partial charge in [-0.05, 0) is 36.7 Å². The van der Waals surface area contributed by atoms with Gasteiger partial charge in [-0.1, -0.05) is 28.1 Å². The minimum absolute atomic E-state index is 0.0731. The minimum atomic E-state index is -0.339. The van der Waals surface area contributed by atoms with Gasteiger partial charge in [0.2, 0.25) is 0 Å². The molecule has 0 spiro atoms. The fourth-order valence-corrected chi connectivity index (χ4v) is 4.51. The molecule has 1 amide bonds. The lowest BCUT2D eigenvalue weighted by atomic mass is 10.3. The summed E-state index contributed by atoms with van der Waals surface area (Å²) in [5, 5.41) is 4.73. The van der Waals surface area contributed by atoms with Crippen LogP contribution in [0.3, 0.4) is 0 Å². The van der Waals surface area contributed by atoms with Gasteiger partial charge in [0, 0.05) is 36.0 Å². The number of nitrogens with zero attached hydrogens (tertiary/aromatic N) is 6. The van der Waals surface area contributed by atoms with Crippen molar-refractivity contribution in [2.45, 2.75) is 6.92 Å². The van der Waals surface area contributed by atoms with Gasteiger partial charge in [0.15, 0.2) is 10.9 Å². The number of azide groups is 1. The van der Waals surface area contributed by atoms with E-state index in [1.807, 2.05) is 6.07 Å². The lowest BCUT2D eigenvalue weighted by molar-refractivity contribution is 0.0990. The van der Waals surface area contributed by atoms with E-state index < -0.39 is 0 Å². The number of Topliss-reactive ketones (excluding diaryl/α,β-unsaturated/α-hetero) is 1. The number of carbonyl (C=O) groups excluding carboxylic acids is 2. The van der Waals surface area contributed by atoms with E-state index in [4.69, 9.17) is 17.1 Å². The van der Waals surface area contributed by atoms with Gasteiger partial charge in [-0.25, -0.2) is 4.98 Å². The molecule has 0 bridgehead atoms.